The number of rotatable bonds is 1. The van der Waals surface area contributed by atoms with Gasteiger partial charge in [0.05, 0.1) is 5.56 Å². The molecule has 0 radical (unpaired) electrons. The van der Waals surface area contributed by atoms with Crippen LogP contribution in [0.1, 0.15) is 0 Å². The van der Waals surface area contributed by atoms with Gasteiger partial charge in [0.2, 0.25) is 5.95 Å². The Morgan fingerprint density at radius 2 is 1.79 bits per heavy atom. The molecule has 0 atom stereocenters. The van der Waals surface area contributed by atoms with Crippen molar-refractivity contribution in [2.24, 2.45) is 0 Å². The SMILES string of the molecule is Fc1nccc(I)c1-c1ccncc1. The van der Waals surface area contributed by atoms with E-state index in [4.69, 9.17) is 0 Å². The summed E-state index contributed by atoms with van der Waals surface area (Å²) in [4.78, 5) is 7.51. The van der Waals surface area contributed by atoms with Gasteiger partial charge in [0.1, 0.15) is 0 Å². The minimum atomic E-state index is -0.442. The highest BCUT2D eigenvalue weighted by Crippen LogP contribution is 2.25. The Balaban J connectivity index is 2.63. The fraction of sp³-hybridized carbons (Fsp3) is 0. The fourth-order valence-corrected chi connectivity index (χ4v) is 1.88. The topological polar surface area (TPSA) is 25.8 Å². The van der Waals surface area contributed by atoms with Crippen molar-refractivity contribution in [2.75, 3.05) is 0 Å². The van der Waals surface area contributed by atoms with Crippen LogP contribution in [-0.2, 0) is 0 Å². The van der Waals surface area contributed by atoms with Crippen molar-refractivity contribution in [3.63, 3.8) is 0 Å². The van der Waals surface area contributed by atoms with Gasteiger partial charge in [0.15, 0.2) is 0 Å². The first-order valence-corrected chi connectivity index (χ1v) is 5.07. The molecule has 0 aliphatic heterocycles. The highest BCUT2D eigenvalue weighted by molar-refractivity contribution is 14.1. The van der Waals surface area contributed by atoms with Gasteiger partial charge in [-0.2, -0.15) is 4.39 Å². The zero-order valence-corrected chi connectivity index (χ0v) is 9.27. The van der Waals surface area contributed by atoms with E-state index in [9.17, 15) is 4.39 Å². The molecule has 2 rings (SSSR count). The number of aromatic nitrogens is 2. The third-order valence-corrected chi connectivity index (χ3v) is 2.72. The second-order valence-corrected chi connectivity index (χ2v) is 3.86. The molecule has 4 heteroatoms. The summed E-state index contributed by atoms with van der Waals surface area (Å²) in [5.41, 5.74) is 1.34. The van der Waals surface area contributed by atoms with E-state index in [1.54, 1.807) is 30.6 Å². The summed E-state index contributed by atoms with van der Waals surface area (Å²) in [6.45, 7) is 0. The fourth-order valence-electron chi connectivity index (χ4n) is 1.19. The zero-order valence-electron chi connectivity index (χ0n) is 7.11. The van der Waals surface area contributed by atoms with E-state index in [1.165, 1.54) is 6.20 Å². The lowest BCUT2D eigenvalue weighted by Gasteiger charge is -2.03. The molecule has 0 aromatic carbocycles. The Kier molecular flexibility index (Phi) is 2.72. The third kappa shape index (κ3) is 1.75. The number of hydrogen-bond donors (Lipinski definition) is 0. The highest BCUT2D eigenvalue weighted by atomic mass is 127. The molecule has 0 bridgehead atoms. The second kappa shape index (κ2) is 4.00. The molecule has 0 aliphatic rings. The Morgan fingerprint density at radius 3 is 2.43 bits per heavy atom. The summed E-state index contributed by atoms with van der Waals surface area (Å²) in [6, 6.07) is 5.31. The van der Waals surface area contributed by atoms with Crippen molar-refractivity contribution in [3.05, 3.63) is 46.3 Å². The van der Waals surface area contributed by atoms with Crippen LogP contribution in [-0.4, -0.2) is 9.97 Å². The van der Waals surface area contributed by atoms with Gasteiger partial charge in [-0.25, -0.2) is 4.98 Å². The molecule has 0 amide bonds. The average Bonchev–Trinajstić information content (AvgIpc) is 2.19. The molecule has 0 fully saturated rings. The molecule has 2 aromatic rings. The second-order valence-electron chi connectivity index (χ2n) is 2.69. The van der Waals surface area contributed by atoms with Crippen LogP contribution >= 0.6 is 22.6 Å². The number of hydrogen-bond acceptors (Lipinski definition) is 2. The summed E-state index contributed by atoms with van der Waals surface area (Å²) in [6.07, 6.45) is 4.73. The van der Waals surface area contributed by atoms with Crippen molar-refractivity contribution >= 4 is 22.6 Å². The number of pyridine rings is 2. The quantitative estimate of drug-likeness (QED) is 0.598. The van der Waals surface area contributed by atoms with E-state index in [0.29, 0.717) is 5.56 Å². The lowest BCUT2D eigenvalue weighted by Crippen LogP contribution is -1.91. The Bertz CT molecular complexity index is 425. The van der Waals surface area contributed by atoms with Gasteiger partial charge in [-0.05, 0) is 46.4 Å². The molecule has 0 N–H and O–H groups in total. The zero-order chi connectivity index (χ0) is 9.97. The molecule has 2 aromatic heterocycles. The smallest absolute Gasteiger partial charge is 0.221 e. The van der Waals surface area contributed by atoms with Crippen LogP contribution in [0.4, 0.5) is 4.39 Å². The first-order chi connectivity index (χ1) is 6.79. The van der Waals surface area contributed by atoms with Crippen LogP contribution in [0.5, 0.6) is 0 Å². The van der Waals surface area contributed by atoms with Crippen molar-refractivity contribution in [3.8, 4) is 11.1 Å². The minimum absolute atomic E-state index is 0.442. The molecule has 0 unspecified atom stereocenters. The average molecular weight is 300 g/mol. The molecule has 0 saturated carbocycles. The van der Waals surface area contributed by atoms with Gasteiger partial charge in [0.25, 0.3) is 0 Å². The first-order valence-electron chi connectivity index (χ1n) is 3.99. The van der Waals surface area contributed by atoms with Crippen molar-refractivity contribution in [2.45, 2.75) is 0 Å². The molecule has 2 nitrogen and oxygen atoms in total. The molecule has 0 spiro atoms. The maximum absolute atomic E-state index is 13.4. The van der Waals surface area contributed by atoms with Crippen molar-refractivity contribution in [1.29, 1.82) is 0 Å². The predicted octanol–water partition coefficient (Wildman–Crippen LogP) is 2.89. The van der Waals surface area contributed by atoms with Gasteiger partial charge >= 0.3 is 0 Å². The van der Waals surface area contributed by atoms with Gasteiger partial charge < -0.3 is 0 Å². The Labute approximate surface area is 94.4 Å². The Hall–Kier alpha value is -1.04. The summed E-state index contributed by atoms with van der Waals surface area (Å²) >= 11 is 2.09. The summed E-state index contributed by atoms with van der Waals surface area (Å²) in [5.74, 6) is -0.442. The van der Waals surface area contributed by atoms with Crippen LogP contribution < -0.4 is 0 Å². The van der Waals surface area contributed by atoms with Crippen LogP contribution in [0.3, 0.4) is 0 Å². The maximum Gasteiger partial charge on any atom is 0.221 e. The minimum Gasteiger partial charge on any atom is -0.265 e. The number of nitrogens with zero attached hydrogens (tertiary/aromatic N) is 2. The van der Waals surface area contributed by atoms with E-state index < -0.39 is 5.95 Å². The summed E-state index contributed by atoms with van der Waals surface area (Å²) in [5, 5.41) is 0. The largest absolute Gasteiger partial charge is 0.265 e. The van der Waals surface area contributed by atoms with Gasteiger partial charge in [-0.3, -0.25) is 4.98 Å². The van der Waals surface area contributed by atoms with E-state index in [0.717, 1.165) is 9.13 Å². The van der Waals surface area contributed by atoms with Gasteiger partial charge in [-0.15, -0.1) is 0 Å². The van der Waals surface area contributed by atoms with E-state index in [2.05, 4.69) is 32.6 Å². The molecule has 2 heterocycles. The standard InChI is InChI=1S/C10H6FIN2/c11-10-9(8(12)3-6-14-10)7-1-4-13-5-2-7/h1-6H. The number of halogens is 2. The molecule has 14 heavy (non-hydrogen) atoms. The van der Waals surface area contributed by atoms with E-state index >= 15 is 0 Å². The van der Waals surface area contributed by atoms with Crippen LogP contribution in [0.15, 0.2) is 36.8 Å². The molecular formula is C10H6FIN2. The third-order valence-electron chi connectivity index (χ3n) is 1.82. The molecule has 0 saturated heterocycles. The first kappa shape index (κ1) is 9.51. The monoisotopic (exact) mass is 300 g/mol. The Morgan fingerprint density at radius 1 is 1.07 bits per heavy atom. The van der Waals surface area contributed by atoms with Gasteiger partial charge in [0, 0.05) is 22.2 Å². The summed E-state index contributed by atoms with van der Waals surface area (Å²) < 4.78 is 14.2. The predicted molar refractivity (Wildman–Crippen MR) is 60.1 cm³/mol. The maximum atomic E-state index is 13.4. The lowest BCUT2D eigenvalue weighted by molar-refractivity contribution is 0.586. The van der Waals surface area contributed by atoms with E-state index in [-0.39, 0.29) is 0 Å². The molecular weight excluding hydrogens is 294 g/mol. The normalized spacial score (nSPS) is 10.1. The van der Waals surface area contributed by atoms with Gasteiger partial charge in [-0.1, -0.05) is 0 Å². The van der Waals surface area contributed by atoms with Crippen LogP contribution in [0.2, 0.25) is 0 Å². The van der Waals surface area contributed by atoms with Crippen LogP contribution in [0, 0.1) is 9.52 Å². The van der Waals surface area contributed by atoms with Crippen molar-refractivity contribution in [1.82, 2.24) is 9.97 Å². The summed E-state index contributed by atoms with van der Waals surface area (Å²) in [7, 11) is 0. The van der Waals surface area contributed by atoms with E-state index in [1.807, 2.05) is 0 Å². The molecule has 0 aliphatic carbocycles. The van der Waals surface area contributed by atoms with Crippen LogP contribution in [0.25, 0.3) is 11.1 Å². The van der Waals surface area contributed by atoms with Crippen molar-refractivity contribution < 1.29 is 4.39 Å². The highest BCUT2D eigenvalue weighted by Gasteiger charge is 2.09. The molecule has 70 valence electrons. The lowest BCUT2D eigenvalue weighted by atomic mass is 10.1.